The van der Waals surface area contributed by atoms with Crippen LogP contribution >= 0.6 is 0 Å². The van der Waals surface area contributed by atoms with E-state index in [0.717, 1.165) is 19.5 Å². The Hall–Kier alpha value is -0.960. The fraction of sp³-hybridized carbons (Fsp3) is 0.769. The lowest BCUT2D eigenvalue weighted by Crippen LogP contribution is -2.41. The van der Waals surface area contributed by atoms with Crippen molar-refractivity contribution in [3.63, 3.8) is 0 Å². The molecule has 3 heterocycles. The normalized spacial score (nSPS) is 25.5. The lowest BCUT2D eigenvalue weighted by atomic mass is 10.1. The first kappa shape index (κ1) is 15.0. The second-order valence-corrected chi connectivity index (χ2v) is 7.66. The van der Waals surface area contributed by atoms with E-state index in [9.17, 15) is 13.5 Å². The molecular formula is C13H22N4O3S. The average molecular weight is 314 g/mol. The molecule has 1 unspecified atom stereocenters. The van der Waals surface area contributed by atoms with Crippen LogP contribution in [0.4, 0.5) is 0 Å². The van der Waals surface area contributed by atoms with Crippen LogP contribution < -0.4 is 0 Å². The van der Waals surface area contributed by atoms with Crippen LogP contribution in [0.1, 0.15) is 31.2 Å². The Morgan fingerprint density at radius 1 is 1.29 bits per heavy atom. The van der Waals surface area contributed by atoms with Crippen molar-refractivity contribution >= 4 is 10.0 Å². The molecule has 118 valence electrons. The summed E-state index contributed by atoms with van der Waals surface area (Å²) in [6.45, 7) is 2.89. The Labute approximate surface area is 125 Å². The van der Waals surface area contributed by atoms with Crippen LogP contribution in [-0.2, 0) is 16.6 Å². The quantitative estimate of drug-likeness (QED) is 0.826. The highest BCUT2D eigenvalue weighted by atomic mass is 32.2. The largest absolute Gasteiger partial charge is 0.392 e. The number of nitrogens with one attached hydrogen (secondary N) is 1. The van der Waals surface area contributed by atoms with Crippen molar-refractivity contribution in [1.29, 1.82) is 0 Å². The highest BCUT2D eigenvalue weighted by Crippen LogP contribution is 2.26. The van der Waals surface area contributed by atoms with Gasteiger partial charge in [0.2, 0.25) is 0 Å². The van der Waals surface area contributed by atoms with Gasteiger partial charge in [-0.15, -0.1) is 0 Å². The topological polar surface area (TPSA) is 89.5 Å². The summed E-state index contributed by atoms with van der Waals surface area (Å²) in [7, 11) is -3.58. The Kier molecular flexibility index (Phi) is 4.30. The molecule has 0 spiro atoms. The highest BCUT2D eigenvalue weighted by Gasteiger charge is 2.37. The van der Waals surface area contributed by atoms with Gasteiger partial charge in [0.15, 0.2) is 5.03 Å². The van der Waals surface area contributed by atoms with Crippen LogP contribution in [0, 0.1) is 0 Å². The van der Waals surface area contributed by atoms with E-state index in [-0.39, 0.29) is 11.6 Å². The fourth-order valence-electron chi connectivity index (χ4n) is 3.27. The summed E-state index contributed by atoms with van der Waals surface area (Å²) in [6.07, 6.45) is 5.93. The van der Waals surface area contributed by atoms with E-state index >= 15 is 0 Å². The standard InChI is InChI=1S/C13H22N4O3S/c18-10-11-8-14-15-13(11)21(19,20)17-7-4-12(9-17)16-5-2-1-3-6-16/h8,12,18H,1-7,9-10H2,(H,14,15). The second-order valence-electron chi connectivity index (χ2n) is 5.78. The number of rotatable bonds is 4. The van der Waals surface area contributed by atoms with Gasteiger partial charge in [0.05, 0.1) is 12.8 Å². The number of piperidine rings is 1. The summed E-state index contributed by atoms with van der Waals surface area (Å²) in [4.78, 5) is 2.42. The molecule has 0 radical (unpaired) electrons. The van der Waals surface area contributed by atoms with Crippen molar-refractivity contribution < 1.29 is 13.5 Å². The molecule has 2 aliphatic rings. The maximum atomic E-state index is 12.6. The molecule has 21 heavy (non-hydrogen) atoms. The Bertz CT molecular complexity index is 580. The molecule has 3 rings (SSSR count). The Morgan fingerprint density at radius 2 is 2.05 bits per heavy atom. The van der Waals surface area contributed by atoms with Crippen LogP contribution in [0.5, 0.6) is 0 Å². The monoisotopic (exact) mass is 314 g/mol. The maximum absolute atomic E-state index is 12.6. The van der Waals surface area contributed by atoms with Crippen molar-refractivity contribution in [2.24, 2.45) is 0 Å². The zero-order valence-electron chi connectivity index (χ0n) is 12.0. The van der Waals surface area contributed by atoms with E-state index in [1.807, 2.05) is 0 Å². The van der Waals surface area contributed by atoms with Gasteiger partial charge in [-0.3, -0.25) is 10.00 Å². The summed E-state index contributed by atoms with van der Waals surface area (Å²) in [5.74, 6) is 0. The van der Waals surface area contributed by atoms with Gasteiger partial charge in [-0.05, 0) is 32.4 Å². The lowest BCUT2D eigenvalue weighted by Gasteiger charge is -2.32. The van der Waals surface area contributed by atoms with Crippen molar-refractivity contribution in [3.05, 3.63) is 11.8 Å². The van der Waals surface area contributed by atoms with Gasteiger partial charge in [-0.2, -0.15) is 9.40 Å². The first-order chi connectivity index (χ1) is 10.1. The number of aliphatic hydroxyl groups excluding tert-OH is 1. The minimum absolute atomic E-state index is 0.0318. The van der Waals surface area contributed by atoms with E-state index < -0.39 is 10.0 Å². The van der Waals surface area contributed by atoms with Crippen LogP contribution in [-0.4, -0.2) is 65.1 Å². The van der Waals surface area contributed by atoms with E-state index in [1.165, 1.54) is 29.8 Å². The molecule has 0 amide bonds. The van der Waals surface area contributed by atoms with Crippen LogP contribution in [0.3, 0.4) is 0 Å². The van der Waals surface area contributed by atoms with Gasteiger partial charge in [0, 0.05) is 24.7 Å². The summed E-state index contributed by atoms with van der Waals surface area (Å²) in [5, 5.41) is 15.5. The minimum atomic E-state index is -3.58. The number of aliphatic hydroxyl groups is 1. The zero-order valence-corrected chi connectivity index (χ0v) is 12.8. The molecular weight excluding hydrogens is 292 g/mol. The summed E-state index contributed by atoms with van der Waals surface area (Å²) >= 11 is 0. The fourth-order valence-corrected chi connectivity index (χ4v) is 4.86. The Morgan fingerprint density at radius 3 is 2.76 bits per heavy atom. The third kappa shape index (κ3) is 2.85. The Balaban J connectivity index is 1.73. The average Bonchev–Trinajstić information content (AvgIpc) is 3.17. The molecule has 0 aromatic carbocycles. The number of hydrogen-bond donors (Lipinski definition) is 2. The number of nitrogens with zero attached hydrogens (tertiary/aromatic N) is 3. The van der Waals surface area contributed by atoms with E-state index in [0.29, 0.717) is 24.7 Å². The smallest absolute Gasteiger partial charge is 0.260 e. The molecule has 1 atom stereocenters. The minimum Gasteiger partial charge on any atom is -0.392 e. The maximum Gasteiger partial charge on any atom is 0.260 e. The summed E-state index contributed by atoms with van der Waals surface area (Å²) in [6, 6.07) is 0.320. The predicted octanol–water partition coefficient (Wildman–Crippen LogP) is 0.151. The molecule has 0 bridgehead atoms. The van der Waals surface area contributed by atoms with Crippen LogP contribution in [0.25, 0.3) is 0 Å². The number of aromatic amines is 1. The molecule has 2 N–H and O–H groups in total. The van der Waals surface area contributed by atoms with Gasteiger partial charge in [-0.1, -0.05) is 6.42 Å². The highest BCUT2D eigenvalue weighted by molar-refractivity contribution is 7.89. The van der Waals surface area contributed by atoms with Crippen molar-refractivity contribution in [3.8, 4) is 0 Å². The summed E-state index contributed by atoms with van der Waals surface area (Å²) < 4.78 is 26.8. The van der Waals surface area contributed by atoms with Gasteiger partial charge in [0.1, 0.15) is 0 Å². The molecule has 2 fully saturated rings. The number of hydrogen-bond acceptors (Lipinski definition) is 5. The lowest BCUT2D eigenvalue weighted by molar-refractivity contribution is 0.169. The SMILES string of the molecule is O=S(=O)(c1[nH]ncc1CO)N1CCC(N2CCCCC2)C1. The molecule has 2 saturated heterocycles. The van der Waals surface area contributed by atoms with Gasteiger partial charge < -0.3 is 5.11 Å². The molecule has 8 heteroatoms. The molecule has 0 saturated carbocycles. The van der Waals surface area contributed by atoms with E-state index in [4.69, 9.17) is 0 Å². The number of H-pyrrole nitrogens is 1. The van der Waals surface area contributed by atoms with Gasteiger partial charge >= 0.3 is 0 Å². The van der Waals surface area contributed by atoms with Crippen molar-refractivity contribution in [2.45, 2.75) is 43.4 Å². The predicted molar refractivity (Wildman–Crippen MR) is 77.1 cm³/mol. The van der Waals surface area contributed by atoms with Gasteiger partial charge in [-0.25, -0.2) is 8.42 Å². The second kappa shape index (κ2) is 6.04. The molecule has 2 aliphatic heterocycles. The van der Waals surface area contributed by atoms with Crippen molar-refractivity contribution in [1.82, 2.24) is 19.4 Å². The third-order valence-electron chi connectivity index (χ3n) is 4.48. The molecule has 0 aliphatic carbocycles. The summed E-state index contributed by atoms with van der Waals surface area (Å²) in [5.41, 5.74) is 0.330. The molecule has 1 aromatic heterocycles. The first-order valence-electron chi connectivity index (χ1n) is 7.50. The first-order valence-corrected chi connectivity index (χ1v) is 8.94. The van der Waals surface area contributed by atoms with Crippen LogP contribution in [0.2, 0.25) is 0 Å². The molecule has 7 nitrogen and oxygen atoms in total. The van der Waals surface area contributed by atoms with Crippen molar-refractivity contribution in [2.75, 3.05) is 26.2 Å². The number of likely N-dealkylation sites (tertiary alicyclic amines) is 1. The number of sulfonamides is 1. The molecule has 1 aromatic rings. The zero-order chi connectivity index (χ0) is 14.9. The van der Waals surface area contributed by atoms with Crippen LogP contribution in [0.15, 0.2) is 11.2 Å². The number of aromatic nitrogens is 2. The third-order valence-corrected chi connectivity index (χ3v) is 6.36. The van der Waals surface area contributed by atoms with E-state index in [2.05, 4.69) is 15.1 Å². The van der Waals surface area contributed by atoms with Gasteiger partial charge in [0.25, 0.3) is 10.0 Å². The van der Waals surface area contributed by atoms with E-state index in [1.54, 1.807) is 0 Å².